The molecule has 0 bridgehead atoms. The molecule has 0 heterocycles. The molecule has 1 nitrogen and oxygen atoms in total. The molecule has 0 aliphatic heterocycles. The van der Waals surface area contributed by atoms with E-state index in [2.05, 4.69) is 32.9 Å². The van der Waals surface area contributed by atoms with Gasteiger partial charge in [0.2, 0.25) is 0 Å². The SMILES string of the molecule is Cc1cc(C)c(Oc2ccc(CCl)cc2)c(C)c1. The van der Waals surface area contributed by atoms with E-state index >= 15 is 0 Å². The predicted octanol–water partition coefficient (Wildman–Crippen LogP) is 5.14. The largest absolute Gasteiger partial charge is 0.457 e. The third kappa shape index (κ3) is 2.85. The first kappa shape index (κ1) is 13.0. The van der Waals surface area contributed by atoms with Gasteiger partial charge >= 0.3 is 0 Å². The average molecular weight is 261 g/mol. The molecule has 0 saturated carbocycles. The van der Waals surface area contributed by atoms with Crippen LogP contribution in [0.1, 0.15) is 22.3 Å². The molecule has 0 saturated heterocycles. The highest BCUT2D eigenvalue weighted by Gasteiger charge is 2.06. The third-order valence-electron chi connectivity index (χ3n) is 2.90. The summed E-state index contributed by atoms with van der Waals surface area (Å²) in [4.78, 5) is 0. The summed E-state index contributed by atoms with van der Waals surface area (Å²) < 4.78 is 5.95. The van der Waals surface area contributed by atoms with E-state index in [0.29, 0.717) is 5.88 Å². The molecule has 0 aliphatic rings. The second-order valence-electron chi connectivity index (χ2n) is 4.61. The average Bonchev–Trinajstić information content (AvgIpc) is 2.34. The maximum absolute atomic E-state index is 5.95. The van der Waals surface area contributed by atoms with Crippen molar-refractivity contribution in [3.63, 3.8) is 0 Å². The van der Waals surface area contributed by atoms with Gasteiger partial charge in [0, 0.05) is 5.88 Å². The van der Waals surface area contributed by atoms with Gasteiger partial charge in [-0.05, 0) is 49.6 Å². The van der Waals surface area contributed by atoms with E-state index < -0.39 is 0 Å². The molecule has 0 aliphatic carbocycles. The predicted molar refractivity (Wildman–Crippen MR) is 76.7 cm³/mol. The van der Waals surface area contributed by atoms with Gasteiger partial charge in [0.25, 0.3) is 0 Å². The van der Waals surface area contributed by atoms with Crippen molar-refractivity contribution in [2.75, 3.05) is 0 Å². The number of halogens is 1. The van der Waals surface area contributed by atoms with Crippen LogP contribution in [-0.4, -0.2) is 0 Å². The Kier molecular flexibility index (Phi) is 3.93. The maximum atomic E-state index is 5.95. The normalized spacial score (nSPS) is 10.4. The topological polar surface area (TPSA) is 9.23 Å². The van der Waals surface area contributed by atoms with Gasteiger partial charge in [-0.2, -0.15) is 0 Å². The summed E-state index contributed by atoms with van der Waals surface area (Å²) in [6.45, 7) is 6.24. The molecule has 2 aromatic rings. The first-order chi connectivity index (χ1) is 8.60. The van der Waals surface area contributed by atoms with Crippen molar-refractivity contribution >= 4 is 11.6 Å². The lowest BCUT2D eigenvalue weighted by Gasteiger charge is -2.13. The molecule has 0 N–H and O–H groups in total. The Hall–Kier alpha value is -1.47. The fourth-order valence-corrected chi connectivity index (χ4v) is 2.27. The van der Waals surface area contributed by atoms with Crippen LogP contribution in [0.5, 0.6) is 11.5 Å². The van der Waals surface area contributed by atoms with E-state index in [1.165, 1.54) is 5.56 Å². The van der Waals surface area contributed by atoms with Crippen LogP contribution in [0.25, 0.3) is 0 Å². The Labute approximate surface area is 113 Å². The highest BCUT2D eigenvalue weighted by molar-refractivity contribution is 6.17. The number of benzene rings is 2. The third-order valence-corrected chi connectivity index (χ3v) is 3.21. The summed E-state index contributed by atoms with van der Waals surface area (Å²) in [5.74, 6) is 2.32. The molecule has 0 unspecified atom stereocenters. The molecule has 0 radical (unpaired) electrons. The van der Waals surface area contributed by atoms with Gasteiger partial charge in [-0.1, -0.05) is 29.8 Å². The van der Waals surface area contributed by atoms with Crippen molar-refractivity contribution < 1.29 is 4.74 Å². The van der Waals surface area contributed by atoms with Crippen LogP contribution in [0, 0.1) is 20.8 Å². The van der Waals surface area contributed by atoms with Gasteiger partial charge in [-0.3, -0.25) is 0 Å². The standard InChI is InChI=1S/C16H17ClO/c1-11-8-12(2)16(13(3)9-11)18-15-6-4-14(10-17)5-7-15/h4-9H,10H2,1-3H3. The van der Waals surface area contributed by atoms with Gasteiger partial charge in [-0.25, -0.2) is 0 Å². The summed E-state index contributed by atoms with van der Waals surface area (Å²) in [7, 11) is 0. The van der Waals surface area contributed by atoms with Crippen LogP contribution in [0.15, 0.2) is 36.4 Å². The van der Waals surface area contributed by atoms with E-state index in [9.17, 15) is 0 Å². The summed E-state index contributed by atoms with van der Waals surface area (Å²) in [5.41, 5.74) is 4.68. The minimum atomic E-state index is 0.531. The first-order valence-electron chi connectivity index (χ1n) is 6.01. The van der Waals surface area contributed by atoms with Crippen LogP contribution >= 0.6 is 11.6 Å². The smallest absolute Gasteiger partial charge is 0.133 e. The van der Waals surface area contributed by atoms with E-state index in [1.807, 2.05) is 24.3 Å². The number of hydrogen-bond acceptors (Lipinski definition) is 1. The lowest BCUT2D eigenvalue weighted by molar-refractivity contribution is 0.475. The Morgan fingerprint density at radius 1 is 0.944 bits per heavy atom. The second kappa shape index (κ2) is 5.45. The molecule has 0 atom stereocenters. The number of ether oxygens (including phenoxy) is 1. The molecule has 2 heteroatoms. The van der Waals surface area contributed by atoms with E-state index in [-0.39, 0.29) is 0 Å². The van der Waals surface area contributed by atoms with Crippen molar-refractivity contribution in [1.82, 2.24) is 0 Å². The highest BCUT2D eigenvalue weighted by atomic mass is 35.5. The van der Waals surface area contributed by atoms with Gasteiger partial charge in [-0.15, -0.1) is 11.6 Å². The molecule has 0 amide bonds. The second-order valence-corrected chi connectivity index (χ2v) is 4.87. The summed E-state index contributed by atoms with van der Waals surface area (Å²) in [5, 5.41) is 0. The summed E-state index contributed by atoms with van der Waals surface area (Å²) in [6.07, 6.45) is 0. The van der Waals surface area contributed by atoms with Crippen molar-refractivity contribution in [2.45, 2.75) is 26.7 Å². The number of aryl methyl sites for hydroxylation is 3. The van der Waals surface area contributed by atoms with E-state index in [4.69, 9.17) is 16.3 Å². The molecule has 94 valence electrons. The quantitative estimate of drug-likeness (QED) is 0.694. The van der Waals surface area contributed by atoms with Gasteiger partial charge < -0.3 is 4.74 Å². The molecule has 18 heavy (non-hydrogen) atoms. The van der Waals surface area contributed by atoms with E-state index in [1.54, 1.807) is 0 Å². The minimum Gasteiger partial charge on any atom is -0.457 e. The van der Waals surface area contributed by atoms with Crippen molar-refractivity contribution in [3.8, 4) is 11.5 Å². The van der Waals surface area contributed by atoms with E-state index in [0.717, 1.165) is 28.2 Å². The van der Waals surface area contributed by atoms with Crippen LogP contribution in [-0.2, 0) is 5.88 Å². The fourth-order valence-electron chi connectivity index (χ4n) is 2.09. The molecule has 0 spiro atoms. The summed E-state index contributed by atoms with van der Waals surface area (Å²) >= 11 is 5.77. The van der Waals surface area contributed by atoms with Gasteiger partial charge in [0.15, 0.2) is 0 Å². The number of rotatable bonds is 3. The molecule has 2 aromatic carbocycles. The molecular weight excluding hydrogens is 244 g/mol. The lowest BCUT2D eigenvalue weighted by atomic mass is 10.1. The molecule has 2 rings (SSSR count). The van der Waals surface area contributed by atoms with Crippen LogP contribution < -0.4 is 4.74 Å². The van der Waals surface area contributed by atoms with Crippen LogP contribution in [0.2, 0.25) is 0 Å². The summed E-state index contributed by atoms with van der Waals surface area (Å²) in [6, 6.07) is 12.2. The highest BCUT2D eigenvalue weighted by Crippen LogP contribution is 2.29. The maximum Gasteiger partial charge on any atom is 0.133 e. The minimum absolute atomic E-state index is 0.531. The molecular formula is C16H17ClO. The fraction of sp³-hybridized carbons (Fsp3) is 0.250. The Morgan fingerprint density at radius 2 is 1.50 bits per heavy atom. The van der Waals surface area contributed by atoms with Crippen molar-refractivity contribution in [2.24, 2.45) is 0 Å². The van der Waals surface area contributed by atoms with Gasteiger partial charge in [0.1, 0.15) is 11.5 Å². The zero-order valence-electron chi connectivity index (χ0n) is 11.0. The number of hydrogen-bond donors (Lipinski definition) is 0. The monoisotopic (exact) mass is 260 g/mol. The Morgan fingerprint density at radius 3 is 2.00 bits per heavy atom. The van der Waals surface area contributed by atoms with Crippen molar-refractivity contribution in [3.05, 3.63) is 58.7 Å². The zero-order valence-corrected chi connectivity index (χ0v) is 11.7. The van der Waals surface area contributed by atoms with Crippen molar-refractivity contribution in [1.29, 1.82) is 0 Å². The number of alkyl halides is 1. The molecule has 0 aromatic heterocycles. The van der Waals surface area contributed by atoms with Crippen LogP contribution in [0.4, 0.5) is 0 Å². The lowest BCUT2D eigenvalue weighted by Crippen LogP contribution is -1.92. The Balaban J connectivity index is 2.28. The first-order valence-corrected chi connectivity index (χ1v) is 6.54. The van der Waals surface area contributed by atoms with Gasteiger partial charge in [0.05, 0.1) is 0 Å². The zero-order chi connectivity index (χ0) is 13.1. The Bertz CT molecular complexity index is 521. The molecule has 0 fully saturated rings. The van der Waals surface area contributed by atoms with Crippen LogP contribution in [0.3, 0.4) is 0 Å².